The molecule has 0 bridgehead atoms. The monoisotopic (exact) mass is 307 g/mol. The van der Waals surface area contributed by atoms with Crippen LogP contribution in [0.5, 0.6) is 0 Å². The smallest absolute Gasteiger partial charge is 0.0400 e. The molecule has 1 aliphatic carbocycles. The first kappa shape index (κ1) is 16.1. The van der Waals surface area contributed by atoms with E-state index in [1.807, 2.05) is 0 Å². The molecule has 0 heterocycles. The second kappa shape index (κ2) is 7.21. The first-order valence-electron chi connectivity index (χ1n) is 9.03. The molecule has 3 unspecified atom stereocenters. The van der Waals surface area contributed by atoms with Gasteiger partial charge in [-0.05, 0) is 59.8 Å². The van der Waals surface area contributed by atoms with Crippen molar-refractivity contribution in [3.8, 4) is 0 Å². The van der Waals surface area contributed by atoms with Crippen molar-refractivity contribution in [1.82, 2.24) is 0 Å². The Kier molecular flexibility index (Phi) is 5.05. The number of hydrogen-bond donors (Lipinski definition) is 1. The molecule has 0 radical (unpaired) electrons. The van der Waals surface area contributed by atoms with Gasteiger partial charge in [0.25, 0.3) is 0 Å². The molecule has 0 amide bonds. The fourth-order valence-electron chi connectivity index (χ4n) is 4.41. The molecule has 122 valence electrons. The van der Waals surface area contributed by atoms with Crippen LogP contribution in [-0.4, -0.2) is 0 Å². The summed E-state index contributed by atoms with van der Waals surface area (Å²) >= 11 is 0. The van der Waals surface area contributed by atoms with E-state index < -0.39 is 0 Å². The summed E-state index contributed by atoms with van der Waals surface area (Å²) in [7, 11) is 0. The summed E-state index contributed by atoms with van der Waals surface area (Å²) in [4.78, 5) is 0. The van der Waals surface area contributed by atoms with Crippen molar-refractivity contribution in [3.05, 3.63) is 65.7 Å². The Labute approximate surface area is 141 Å². The molecule has 3 atom stereocenters. The molecule has 0 aromatic heterocycles. The zero-order valence-corrected chi connectivity index (χ0v) is 14.6. The molecule has 1 nitrogen and oxygen atoms in total. The van der Waals surface area contributed by atoms with Crippen LogP contribution in [0.1, 0.15) is 50.7 Å². The van der Waals surface area contributed by atoms with Crippen molar-refractivity contribution in [1.29, 1.82) is 0 Å². The van der Waals surface area contributed by atoms with E-state index in [9.17, 15) is 0 Å². The average Bonchev–Trinajstić information content (AvgIpc) is 2.96. The molecule has 1 fully saturated rings. The van der Waals surface area contributed by atoms with Gasteiger partial charge in [-0.1, -0.05) is 63.2 Å². The molecule has 1 N–H and O–H groups in total. The Morgan fingerprint density at radius 3 is 2.52 bits per heavy atom. The summed E-state index contributed by atoms with van der Waals surface area (Å²) < 4.78 is 0. The Hall–Kier alpha value is -1.76. The minimum absolute atomic E-state index is 0.725. The normalized spacial score (nSPS) is 24.1. The predicted molar refractivity (Wildman–Crippen MR) is 99.7 cm³/mol. The molecule has 1 aliphatic rings. The van der Waals surface area contributed by atoms with Crippen molar-refractivity contribution < 1.29 is 0 Å². The summed E-state index contributed by atoms with van der Waals surface area (Å²) in [5.74, 6) is 3.15. The average molecular weight is 307 g/mol. The molecule has 23 heavy (non-hydrogen) atoms. The van der Waals surface area contributed by atoms with Gasteiger partial charge < -0.3 is 5.32 Å². The Balaban J connectivity index is 1.72. The van der Waals surface area contributed by atoms with Gasteiger partial charge in [0.1, 0.15) is 0 Å². The maximum atomic E-state index is 3.58. The third-order valence-electron chi connectivity index (χ3n) is 5.48. The lowest BCUT2D eigenvalue weighted by molar-refractivity contribution is 0.288. The van der Waals surface area contributed by atoms with Crippen LogP contribution in [0.15, 0.2) is 54.6 Å². The van der Waals surface area contributed by atoms with Crippen LogP contribution in [0.4, 0.5) is 5.69 Å². The highest BCUT2D eigenvalue weighted by atomic mass is 14.9. The second-order valence-electron chi connectivity index (χ2n) is 7.45. The van der Waals surface area contributed by atoms with E-state index in [1.54, 1.807) is 0 Å². The minimum atomic E-state index is 0.725. The maximum absolute atomic E-state index is 3.58. The van der Waals surface area contributed by atoms with Crippen LogP contribution in [0.3, 0.4) is 0 Å². The molecule has 2 aromatic rings. The third kappa shape index (κ3) is 3.77. The Morgan fingerprint density at radius 2 is 1.78 bits per heavy atom. The molecule has 0 spiro atoms. The highest BCUT2D eigenvalue weighted by Gasteiger charge is 2.36. The van der Waals surface area contributed by atoms with Crippen LogP contribution < -0.4 is 5.32 Å². The molecule has 0 aliphatic heterocycles. The van der Waals surface area contributed by atoms with Gasteiger partial charge in [-0.25, -0.2) is 0 Å². The van der Waals surface area contributed by atoms with Gasteiger partial charge in [-0.3, -0.25) is 0 Å². The number of rotatable bonds is 5. The number of anilines is 1. The Bertz CT molecular complexity index is 617. The lowest BCUT2D eigenvalue weighted by Crippen LogP contribution is -2.18. The van der Waals surface area contributed by atoms with E-state index in [-0.39, 0.29) is 0 Å². The van der Waals surface area contributed by atoms with Crippen molar-refractivity contribution in [2.75, 3.05) is 5.32 Å². The number of hydrogen-bond acceptors (Lipinski definition) is 1. The van der Waals surface area contributed by atoms with Crippen molar-refractivity contribution >= 4 is 5.69 Å². The van der Waals surface area contributed by atoms with Crippen molar-refractivity contribution in [2.24, 2.45) is 17.8 Å². The summed E-state index contributed by atoms with van der Waals surface area (Å²) in [6.07, 6.45) is 2.71. The first-order chi connectivity index (χ1) is 11.1. The highest BCUT2D eigenvalue weighted by Crippen LogP contribution is 2.47. The SMILES string of the molecule is CC(C)C1C(C)CCC1c1cccc(NCc2ccccc2)c1. The zero-order valence-electron chi connectivity index (χ0n) is 14.6. The van der Waals surface area contributed by atoms with Crippen LogP contribution >= 0.6 is 0 Å². The zero-order chi connectivity index (χ0) is 16.2. The largest absolute Gasteiger partial charge is 0.381 e. The van der Waals surface area contributed by atoms with E-state index in [0.717, 1.165) is 30.2 Å². The minimum Gasteiger partial charge on any atom is -0.381 e. The van der Waals surface area contributed by atoms with Crippen LogP contribution in [0.2, 0.25) is 0 Å². The second-order valence-corrected chi connectivity index (χ2v) is 7.45. The van der Waals surface area contributed by atoms with E-state index in [1.165, 1.54) is 29.7 Å². The summed E-state index contributed by atoms with van der Waals surface area (Å²) in [5, 5.41) is 3.58. The van der Waals surface area contributed by atoms with E-state index in [0.29, 0.717) is 0 Å². The van der Waals surface area contributed by atoms with Gasteiger partial charge >= 0.3 is 0 Å². The van der Waals surface area contributed by atoms with E-state index in [2.05, 4.69) is 80.7 Å². The quantitative estimate of drug-likeness (QED) is 0.705. The molecule has 1 saturated carbocycles. The molecule has 3 rings (SSSR count). The Morgan fingerprint density at radius 1 is 1.00 bits per heavy atom. The summed E-state index contributed by atoms with van der Waals surface area (Å²) in [6.45, 7) is 8.09. The molecular weight excluding hydrogens is 278 g/mol. The fraction of sp³-hybridized carbons (Fsp3) is 0.455. The van der Waals surface area contributed by atoms with Gasteiger partial charge in [-0.15, -0.1) is 0 Å². The fourth-order valence-corrected chi connectivity index (χ4v) is 4.41. The predicted octanol–water partition coefficient (Wildman–Crippen LogP) is 6.08. The number of benzene rings is 2. The molecule has 1 heteroatoms. The van der Waals surface area contributed by atoms with E-state index in [4.69, 9.17) is 0 Å². The maximum Gasteiger partial charge on any atom is 0.0400 e. The van der Waals surface area contributed by atoms with Crippen LogP contribution in [-0.2, 0) is 6.54 Å². The molecule has 0 saturated heterocycles. The van der Waals surface area contributed by atoms with Crippen molar-refractivity contribution in [3.63, 3.8) is 0 Å². The summed E-state index contributed by atoms with van der Waals surface area (Å²) in [6, 6.07) is 19.7. The lowest BCUT2D eigenvalue weighted by atomic mass is 9.78. The van der Waals surface area contributed by atoms with Gasteiger partial charge in [0.2, 0.25) is 0 Å². The number of nitrogens with one attached hydrogen (secondary N) is 1. The van der Waals surface area contributed by atoms with Gasteiger partial charge in [0, 0.05) is 12.2 Å². The van der Waals surface area contributed by atoms with E-state index >= 15 is 0 Å². The third-order valence-corrected chi connectivity index (χ3v) is 5.48. The first-order valence-corrected chi connectivity index (χ1v) is 9.03. The van der Waals surface area contributed by atoms with Crippen molar-refractivity contribution in [2.45, 2.75) is 46.1 Å². The summed E-state index contributed by atoms with van der Waals surface area (Å²) in [5.41, 5.74) is 4.09. The van der Waals surface area contributed by atoms with Crippen LogP contribution in [0.25, 0.3) is 0 Å². The van der Waals surface area contributed by atoms with Crippen LogP contribution in [0, 0.1) is 17.8 Å². The lowest BCUT2D eigenvalue weighted by Gasteiger charge is -2.27. The molecule has 2 aromatic carbocycles. The standard InChI is InChI=1S/C22H29N/c1-16(2)22-17(3)12-13-21(22)19-10-7-11-20(14-19)23-15-18-8-5-4-6-9-18/h4-11,14,16-17,21-23H,12-13,15H2,1-3H3. The van der Waals surface area contributed by atoms with Gasteiger partial charge in [0.15, 0.2) is 0 Å². The molecular formula is C22H29N. The van der Waals surface area contributed by atoms with Gasteiger partial charge in [-0.2, -0.15) is 0 Å². The topological polar surface area (TPSA) is 12.0 Å². The van der Waals surface area contributed by atoms with Gasteiger partial charge in [0.05, 0.1) is 0 Å². The highest BCUT2D eigenvalue weighted by molar-refractivity contribution is 5.47.